The zero-order valence-corrected chi connectivity index (χ0v) is 15.7. The Labute approximate surface area is 159 Å². The number of nitrogens with one attached hydrogen (secondary N) is 2. The highest BCUT2D eigenvalue weighted by Crippen LogP contribution is 2.34. The lowest BCUT2D eigenvalue weighted by Crippen LogP contribution is -2.60. The quantitative estimate of drug-likeness (QED) is 0.713. The topological polar surface area (TPSA) is 70.7 Å². The number of hydrogen-bond acceptors (Lipinski definition) is 4. The average molecular weight is 377 g/mol. The van der Waals surface area contributed by atoms with E-state index in [1.165, 1.54) is 0 Å². The maximum Gasteiger partial charge on any atom is 0.245 e. The van der Waals surface area contributed by atoms with E-state index in [0.717, 1.165) is 5.69 Å². The number of piperidine rings is 1. The highest BCUT2D eigenvalue weighted by Gasteiger charge is 2.44. The lowest BCUT2D eigenvalue weighted by Gasteiger charge is -2.43. The van der Waals surface area contributed by atoms with Gasteiger partial charge in [-0.2, -0.15) is 0 Å². The number of carbonyl (C=O) groups excluding carboxylic acids is 2. The van der Waals surface area contributed by atoms with Crippen molar-refractivity contribution < 1.29 is 18.7 Å². The molecule has 1 aliphatic heterocycles. The van der Waals surface area contributed by atoms with Crippen molar-refractivity contribution in [1.29, 1.82) is 0 Å². The molecule has 7 heteroatoms. The molecule has 1 saturated heterocycles. The van der Waals surface area contributed by atoms with Crippen LogP contribution in [0.3, 0.4) is 0 Å². The molecule has 2 aliphatic rings. The van der Waals surface area contributed by atoms with Crippen LogP contribution in [0.25, 0.3) is 0 Å². The maximum atomic E-state index is 13.1. The number of benzene rings is 1. The van der Waals surface area contributed by atoms with Gasteiger partial charge in [0, 0.05) is 38.3 Å². The molecule has 0 bridgehead atoms. The Kier molecular flexibility index (Phi) is 6.31. The van der Waals surface area contributed by atoms with E-state index in [1.54, 1.807) is 12.0 Å². The molecule has 0 atom stereocenters. The van der Waals surface area contributed by atoms with Gasteiger partial charge in [0.25, 0.3) is 0 Å². The number of nitrogens with zero attached hydrogens (tertiary/aromatic N) is 1. The monoisotopic (exact) mass is 377 g/mol. The van der Waals surface area contributed by atoms with Gasteiger partial charge in [0.05, 0.1) is 6.61 Å². The summed E-state index contributed by atoms with van der Waals surface area (Å²) in [5, 5.41) is 6.32. The molecule has 6 nitrogen and oxygen atoms in total. The molecule has 3 rings (SSSR count). The third kappa shape index (κ3) is 4.58. The van der Waals surface area contributed by atoms with Crippen LogP contribution in [0.1, 0.15) is 25.7 Å². The predicted molar refractivity (Wildman–Crippen MR) is 101 cm³/mol. The third-order valence-electron chi connectivity index (χ3n) is 5.54. The number of halogens is 1. The van der Waals surface area contributed by atoms with E-state index in [2.05, 4.69) is 10.6 Å². The molecule has 1 heterocycles. The molecule has 27 heavy (non-hydrogen) atoms. The van der Waals surface area contributed by atoms with Gasteiger partial charge in [-0.25, -0.2) is 4.39 Å². The number of methoxy groups -OCH3 is 1. The van der Waals surface area contributed by atoms with Gasteiger partial charge in [-0.1, -0.05) is 18.2 Å². The second kappa shape index (κ2) is 8.69. The van der Waals surface area contributed by atoms with Gasteiger partial charge >= 0.3 is 0 Å². The molecule has 1 aromatic rings. The third-order valence-corrected chi connectivity index (χ3v) is 5.54. The van der Waals surface area contributed by atoms with E-state index in [9.17, 15) is 14.0 Å². The lowest BCUT2D eigenvalue weighted by atomic mass is 9.80. The van der Waals surface area contributed by atoms with Crippen molar-refractivity contribution in [2.24, 2.45) is 5.92 Å². The molecular formula is C20H28FN3O3. The number of amides is 2. The summed E-state index contributed by atoms with van der Waals surface area (Å²) in [6.07, 6.45) is 0.853. The van der Waals surface area contributed by atoms with Crippen LogP contribution < -0.4 is 10.6 Å². The minimum atomic E-state index is -0.839. The van der Waals surface area contributed by atoms with Crippen molar-refractivity contribution in [2.45, 2.75) is 37.4 Å². The summed E-state index contributed by atoms with van der Waals surface area (Å²) in [7, 11) is 1.59. The first-order chi connectivity index (χ1) is 13.0. The Morgan fingerprint density at radius 3 is 2.48 bits per heavy atom. The maximum absolute atomic E-state index is 13.1. The average Bonchev–Trinajstić information content (AvgIpc) is 2.66. The number of anilines is 1. The second-order valence-corrected chi connectivity index (χ2v) is 7.41. The Morgan fingerprint density at radius 2 is 1.89 bits per heavy atom. The van der Waals surface area contributed by atoms with Crippen molar-refractivity contribution in [3.63, 3.8) is 0 Å². The Morgan fingerprint density at radius 1 is 1.22 bits per heavy atom. The zero-order valence-electron chi connectivity index (χ0n) is 15.7. The molecule has 1 saturated carbocycles. The molecule has 148 valence electrons. The minimum absolute atomic E-state index is 0.0250. The predicted octanol–water partition coefficient (Wildman–Crippen LogP) is 1.97. The van der Waals surface area contributed by atoms with Crippen LogP contribution in [0.15, 0.2) is 30.3 Å². The first-order valence-electron chi connectivity index (χ1n) is 9.57. The van der Waals surface area contributed by atoms with E-state index in [4.69, 9.17) is 4.74 Å². The van der Waals surface area contributed by atoms with E-state index in [1.807, 2.05) is 30.3 Å². The van der Waals surface area contributed by atoms with E-state index in [-0.39, 0.29) is 17.7 Å². The summed E-state index contributed by atoms with van der Waals surface area (Å²) in [5.74, 6) is -0.245. The van der Waals surface area contributed by atoms with Gasteiger partial charge in [-0.3, -0.25) is 9.59 Å². The van der Waals surface area contributed by atoms with Gasteiger partial charge in [-0.15, -0.1) is 0 Å². The first-order valence-corrected chi connectivity index (χ1v) is 9.57. The van der Waals surface area contributed by atoms with Gasteiger partial charge < -0.3 is 20.3 Å². The molecule has 0 unspecified atom stereocenters. The number of rotatable bonds is 7. The van der Waals surface area contributed by atoms with Gasteiger partial charge in [0.1, 0.15) is 11.7 Å². The van der Waals surface area contributed by atoms with Crippen molar-refractivity contribution in [1.82, 2.24) is 10.2 Å². The van der Waals surface area contributed by atoms with E-state index >= 15 is 0 Å². The smallest absolute Gasteiger partial charge is 0.245 e. The van der Waals surface area contributed by atoms with E-state index < -0.39 is 11.7 Å². The molecule has 2 amide bonds. The highest BCUT2D eigenvalue weighted by molar-refractivity contribution is 5.90. The van der Waals surface area contributed by atoms with Crippen LogP contribution in [-0.2, 0) is 14.3 Å². The Balaban J connectivity index is 1.66. The molecule has 0 aromatic heterocycles. The fourth-order valence-electron chi connectivity index (χ4n) is 3.76. The number of ether oxygens (including phenoxy) is 1. The van der Waals surface area contributed by atoms with Crippen LogP contribution in [-0.4, -0.2) is 61.8 Å². The molecular weight excluding hydrogens is 349 g/mol. The fourth-order valence-corrected chi connectivity index (χ4v) is 3.76. The molecule has 2 N–H and O–H groups in total. The Hall–Kier alpha value is -2.15. The fraction of sp³-hybridized carbons (Fsp3) is 0.600. The van der Waals surface area contributed by atoms with Crippen LogP contribution in [0.2, 0.25) is 0 Å². The molecule has 1 aromatic carbocycles. The number of alkyl halides is 1. The van der Waals surface area contributed by atoms with Crippen LogP contribution >= 0.6 is 0 Å². The largest absolute Gasteiger partial charge is 0.383 e. The highest BCUT2D eigenvalue weighted by atomic mass is 19.1. The summed E-state index contributed by atoms with van der Waals surface area (Å²) in [6.45, 7) is 1.87. The second-order valence-electron chi connectivity index (χ2n) is 7.41. The van der Waals surface area contributed by atoms with Gasteiger partial charge in [0.2, 0.25) is 11.8 Å². The number of para-hydroxylation sites is 1. The van der Waals surface area contributed by atoms with Crippen LogP contribution in [0.5, 0.6) is 0 Å². The summed E-state index contributed by atoms with van der Waals surface area (Å²) in [6, 6.07) is 9.62. The summed E-state index contributed by atoms with van der Waals surface area (Å²) >= 11 is 0. The number of carbonyl (C=O) groups is 2. The van der Waals surface area contributed by atoms with Crippen molar-refractivity contribution in [3.8, 4) is 0 Å². The molecule has 0 spiro atoms. The van der Waals surface area contributed by atoms with Crippen LogP contribution in [0, 0.1) is 5.92 Å². The SMILES string of the molecule is COCCNC(=O)C1(Nc2ccccc2)CCN(C(=O)C2CC(F)C2)CC1. The Bertz CT molecular complexity index is 641. The molecule has 1 aliphatic carbocycles. The van der Waals surface area contributed by atoms with E-state index in [0.29, 0.717) is 51.9 Å². The summed E-state index contributed by atoms with van der Waals surface area (Å²) in [5.41, 5.74) is 0.104. The van der Waals surface area contributed by atoms with Gasteiger partial charge in [0.15, 0.2) is 0 Å². The lowest BCUT2D eigenvalue weighted by molar-refractivity contribution is -0.143. The van der Waals surface area contributed by atoms with Crippen molar-refractivity contribution in [3.05, 3.63) is 30.3 Å². The van der Waals surface area contributed by atoms with Gasteiger partial charge in [-0.05, 0) is 37.8 Å². The summed E-state index contributed by atoms with van der Waals surface area (Å²) in [4.78, 5) is 27.2. The number of likely N-dealkylation sites (tertiary alicyclic amines) is 1. The first kappa shape index (κ1) is 19.6. The molecule has 2 fully saturated rings. The van der Waals surface area contributed by atoms with Crippen LogP contribution in [0.4, 0.5) is 10.1 Å². The standard InChI is InChI=1S/C20H28FN3O3/c1-27-12-9-22-19(26)20(23-17-5-3-2-4-6-17)7-10-24(11-8-20)18(25)15-13-16(21)14-15/h2-6,15-16,23H,7-14H2,1H3,(H,22,26). The van der Waals surface area contributed by atoms with Crippen molar-refractivity contribution in [2.75, 3.05) is 38.7 Å². The summed E-state index contributed by atoms with van der Waals surface area (Å²) < 4.78 is 18.1. The zero-order chi connectivity index (χ0) is 19.3. The van der Waals surface area contributed by atoms with Crippen molar-refractivity contribution >= 4 is 17.5 Å². The normalized spacial score (nSPS) is 24.0. The molecule has 0 radical (unpaired) electrons. The number of hydrogen-bond donors (Lipinski definition) is 2. The minimum Gasteiger partial charge on any atom is -0.383 e.